The molecular weight excluding hydrogens is 444 g/mol. The van der Waals surface area contributed by atoms with Gasteiger partial charge in [-0.05, 0) is 19.1 Å². The fraction of sp³-hybridized carbons (Fsp3) is 0.217. The van der Waals surface area contributed by atoms with E-state index in [1.807, 2.05) is 0 Å². The first-order chi connectivity index (χ1) is 16.3. The number of nitrogens with one attached hydrogen (secondary N) is 1. The van der Waals surface area contributed by atoms with Crippen molar-refractivity contribution in [3.05, 3.63) is 59.3 Å². The van der Waals surface area contributed by atoms with Gasteiger partial charge in [-0.3, -0.25) is 14.5 Å². The highest BCUT2D eigenvalue weighted by Crippen LogP contribution is 2.48. The van der Waals surface area contributed by atoms with E-state index in [0.717, 1.165) is 6.20 Å². The number of likely N-dealkylation sites (N-methyl/N-ethyl adjacent to an activating group) is 1. The fourth-order valence-electron chi connectivity index (χ4n) is 4.73. The molecule has 0 unspecified atom stereocenters. The van der Waals surface area contributed by atoms with Crippen LogP contribution in [0.3, 0.4) is 0 Å². The molecule has 0 bridgehead atoms. The molecule has 3 aromatic heterocycles. The van der Waals surface area contributed by atoms with Gasteiger partial charge < -0.3 is 5.32 Å². The van der Waals surface area contributed by atoms with Crippen LogP contribution in [0.5, 0.6) is 0 Å². The molecule has 2 aliphatic rings. The van der Waals surface area contributed by atoms with E-state index in [9.17, 15) is 18.4 Å². The minimum absolute atomic E-state index is 0.00575. The number of fused-ring (bicyclic) bond motifs is 1. The van der Waals surface area contributed by atoms with Crippen LogP contribution in [0.1, 0.15) is 24.5 Å². The lowest BCUT2D eigenvalue weighted by molar-refractivity contribution is -0.127. The minimum Gasteiger partial charge on any atom is -0.310 e. The SMILES string of the molecule is CN1C(=O)[C@]2(C)CC(=O)Nc3nc(-c4nn(Cc5ccccc5F)c5ncc(F)cc45)nc1c32. The lowest BCUT2D eigenvalue weighted by Crippen LogP contribution is -2.41. The highest BCUT2D eigenvalue weighted by molar-refractivity contribution is 6.14. The second kappa shape index (κ2) is 6.86. The Labute approximate surface area is 191 Å². The van der Waals surface area contributed by atoms with Gasteiger partial charge in [-0.15, -0.1) is 0 Å². The Balaban J connectivity index is 1.57. The van der Waals surface area contributed by atoms with Crippen molar-refractivity contribution in [2.45, 2.75) is 25.3 Å². The van der Waals surface area contributed by atoms with Gasteiger partial charge in [0.25, 0.3) is 0 Å². The normalized spacial score (nSPS) is 19.0. The van der Waals surface area contributed by atoms with Crippen molar-refractivity contribution < 1.29 is 18.4 Å². The van der Waals surface area contributed by atoms with Gasteiger partial charge in [0.1, 0.15) is 29.0 Å². The van der Waals surface area contributed by atoms with Gasteiger partial charge in [-0.2, -0.15) is 5.10 Å². The van der Waals surface area contributed by atoms with E-state index in [-0.39, 0.29) is 42.1 Å². The summed E-state index contributed by atoms with van der Waals surface area (Å²) in [4.78, 5) is 39.9. The summed E-state index contributed by atoms with van der Waals surface area (Å²) in [5.41, 5.74) is 0.383. The zero-order valence-electron chi connectivity index (χ0n) is 18.1. The van der Waals surface area contributed by atoms with Crippen molar-refractivity contribution >= 4 is 34.5 Å². The number of pyridine rings is 1. The van der Waals surface area contributed by atoms with Crippen molar-refractivity contribution in [3.8, 4) is 11.5 Å². The molecule has 6 rings (SSSR count). The van der Waals surface area contributed by atoms with E-state index >= 15 is 0 Å². The number of carbonyl (C=O) groups is 2. The van der Waals surface area contributed by atoms with Crippen molar-refractivity contribution in [1.29, 1.82) is 0 Å². The highest BCUT2D eigenvalue weighted by atomic mass is 19.1. The maximum Gasteiger partial charge on any atom is 0.239 e. The molecule has 11 heteroatoms. The second-order valence-corrected chi connectivity index (χ2v) is 8.64. The Morgan fingerprint density at radius 2 is 1.97 bits per heavy atom. The van der Waals surface area contributed by atoms with Gasteiger partial charge in [0.15, 0.2) is 11.5 Å². The van der Waals surface area contributed by atoms with Crippen LogP contribution in [0.15, 0.2) is 36.5 Å². The number of benzene rings is 1. The molecule has 0 fully saturated rings. The van der Waals surface area contributed by atoms with Crippen molar-refractivity contribution in [2.75, 3.05) is 17.3 Å². The van der Waals surface area contributed by atoms with Crippen molar-refractivity contribution in [1.82, 2.24) is 24.7 Å². The lowest BCUT2D eigenvalue weighted by Gasteiger charge is -2.27. The van der Waals surface area contributed by atoms with Crippen LogP contribution >= 0.6 is 0 Å². The molecule has 0 saturated carbocycles. The fourth-order valence-corrected chi connectivity index (χ4v) is 4.73. The average molecular weight is 461 g/mol. The number of rotatable bonds is 3. The zero-order valence-corrected chi connectivity index (χ0v) is 18.1. The van der Waals surface area contributed by atoms with Crippen LogP contribution in [0.2, 0.25) is 0 Å². The summed E-state index contributed by atoms with van der Waals surface area (Å²) in [6.45, 7) is 1.74. The molecule has 0 saturated heterocycles. The van der Waals surface area contributed by atoms with E-state index in [4.69, 9.17) is 0 Å². The highest BCUT2D eigenvalue weighted by Gasteiger charge is 2.53. The van der Waals surface area contributed by atoms with Gasteiger partial charge in [0.2, 0.25) is 11.8 Å². The Morgan fingerprint density at radius 1 is 1.18 bits per heavy atom. The first-order valence-electron chi connectivity index (χ1n) is 10.5. The Morgan fingerprint density at radius 3 is 2.76 bits per heavy atom. The summed E-state index contributed by atoms with van der Waals surface area (Å²) in [6.07, 6.45) is 1.05. The maximum atomic E-state index is 14.3. The van der Waals surface area contributed by atoms with Crippen LogP contribution in [0, 0.1) is 11.6 Å². The largest absolute Gasteiger partial charge is 0.310 e. The van der Waals surface area contributed by atoms with Gasteiger partial charge in [0.05, 0.1) is 29.1 Å². The summed E-state index contributed by atoms with van der Waals surface area (Å²) in [5.74, 6) is -0.926. The third-order valence-electron chi connectivity index (χ3n) is 6.35. The van der Waals surface area contributed by atoms with E-state index in [2.05, 4.69) is 25.4 Å². The maximum absolute atomic E-state index is 14.3. The van der Waals surface area contributed by atoms with E-state index in [1.165, 1.54) is 21.7 Å². The first kappa shape index (κ1) is 20.3. The zero-order chi connectivity index (χ0) is 23.8. The van der Waals surface area contributed by atoms with Crippen molar-refractivity contribution in [3.63, 3.8) is 0 Å². The van der Waals surface area contributed by atoms with Crippen LogP contribution < -0.4 is 10.2 Å². The first-order valence-corrected chi connectivity index (χ1v) is 10.5. The number of anilines is 2. The van der Waals surface area contributed by atoms with E-state index in [0.29, 0.717) is 28.0 Å². The monoisotopic (exact) mass is 461 g/mol. The standard InChI is InChI=1S/C23H17F2N7O2/c1-23-8-15(33)27-18-16(23)21(31(2)22(23)34)29-19(28-18)17-13-7-12(24)9-26-20(13)32(30-17)10-11-5-3-4-6-14(11)25/h3-7,9H,8,10H2,1-2H3,(H,27,28,29,33)/t23-/m1/s1. The number of amides is 2. The van der Waals surface area contributed by atoms with Gasteiger partial charge in [-0.25, -0.2) is 28.4 Å². The van der Waals surface area contributed by atoms with Crippen molar-refractivity contribution in [2.24, 2.45) is 0 Å². The summed E-state index contributed by atoms with van der Waals surface area (Å²) in [6, 6.07) is 7.51. The topological polar surface area (TPSA) is 106 Å². The Bertz CT molecular complexity index is 1550. The number of carbonyl (C=O) groups excluding carboxylic acids is 2. The van der Waals surface area contributed by atoms with E-state index in [1.54, 1.807) is 32.2 Å². The number of halogens is 2. The molecule has 4 aromatic rings. The molecule has 5 heterocycles. The number of hydrogen-bond acceptors (Lipinski definition) is 6. The number of aromatic nitrogens is 5. The summed E-state index contributed by atoms with van der Waals surface area (Å²) >= 11 is 0. The summed E-state index contributed by atoms with van der Waals surface area (Å²) < 4.78 is 29.9. The van der Waals surface area contributed by atoms with Crippen LogP contribution in [0.4, 0.5) is 20.4 Å². The van der Waals surface area contributed by atoms with Gasteiger partial charge in [0, 0.05) is 19.0 Å². The summed E-state index contributed by atoms with van der Waals surface area (Å²) in [7, 11) is 1.58. The smallest absolute Gasteiger partial charge is 0.239 e. The third-order valence-corrected chi connectivity index (χ3v) is 6.35. The molecular formula is C23H17F2N7O2. The molecule has 1 N–H and O–H groups in total. The molecule has 2 amide bonds. The van der Waals surface area contributed by atoms with Crippen LogP contribution in [-0.4, -0.2) is 43.6 Å². The molecule has 0 aliphatic carbocycles. The minimum atomic E-state index is -1.06. The number of nitrogens with zero attached hydrogens (tertiary/aromatic N) is 6. The molecule has 34 heavy (non-hydrogen) atoms. The molecule has 2 aliphatic heterocycles. The molecule has 0 spiro atoms. The predicted molar refractivity (Wildman–Crippen MR) is 118 cm³/mol. The van der Waals surface area contributed by atoms with Crippen LogP contribution in [-0.2, 0) is 21.5 Å². The predicted octanol–water partition coefficient (Wildman–Crippen LogP) is 2.79. The molecule has 9 nitrogen and oxygen atoms in total. The average Bonchev–Trinajstić information content (AvgIpc) is 3.24. The second-order valence-electron chi connectivity index (χ2n) is 8.64. The van der Waals surface area contributed by atoms with Gasteiger partial charge >= 0.3 is 0 Å². The van der Waals surface area contributed by atoms with E-state index < -0.39 is 17.0 Å². The summed E-state index contributed by atoms with van der Waals surface area (Å²) in [5, 5.41) is 7.57. The Hall–Kier alpha value is -4.28. The molecule has 1 aromatic carbocycles. The quantitative estimate of drug-likeness (QED) is 0.503. The molecule has 0 radical (unpaired) electrons. The molecule has 170 valence electrons. The molecule has 1 atom stereocenters. The lowest BCUT2D eigenvalue weighted by atomic mass is 9.79. The Kier molecular flexibility index (Phi) is 4.10. The third kappa shape index (κ3) is 2.76. The van der Waals surface area contributed by atoms with Gasteiger partial charge in [-0.1, -0.05) is 18.2 Å². The number of hydrogen-bond donors (Lipinski definition) is 1. The van der Waals surface area contributed by atoms with Crippen LogP contribution in [0.25, 0.3) is 22.6 Å².